The van der Waals surface area contributed by atoms with Gasteiger partial charge in [-0.05, 0) is 32.0 Å². The second-order valence-corrected chi connectivity index (χ2v) is 5.96. The van der Waals surface area contributed by atoms with E-state index in [4.69, 9.17) is 0 Å². The van der Waals surface area contributed by atoms with Gasteiger partial charge in [0.25, 0.3) is 5.91 Å². The van der Waals surface area contributed by atoms with Gasteiger partial charge in [-0.2, -0.15) is 0 Å². The minimum Gasteiger partial charge on any atom is -0.336 e. The average Bonchev–Trinajstić information content (AvgIpc) is 3.07. The summed E-state index contributed by atoms with van der Waals surface area (Å²) in [5.41, 5.74) is 0.469. The first-order valence-electron chi connectivity index (χ1n) is 7.86. The van der Waals surface area contributed by atoms with E-state index in [-0.39, 0.29) is 29.8 Å². The Labute approximate surface area is 138 Å². The molecule has 2 heterocycles. The molecule has 1 saturated heterocycles. The highest BCUT2D eigenvalue weighted by Gasteiger charge is 2.21. The van der Waals surface area contributed by atoms with Crippen molar-refractivity contribution in [3.8, 4) is 0 Å². The molecule has 1 aromatic carbocycles. The van der Waals surface area contributed by atoms with Gasteiger partial charge in [-0.3, -0.25) is 4.79 Å². The van der Waals surface area contributed by atoms with Crippen LogP contribution in [0.15, 0.2) is 24.4 Å². The van der Waals surface area contributed by atoms with Crippen LogP contribution in [0.5, 0.6) is 0 Å². The molecule has 24 heavy (non-hydrogen) atoms. The number of nitrogens with one attached hydrogen (secondary N) is 1. The zero-order valence-corrected chi connectivity index (χ0v) is 13.4. The molecule has 0 aliphatic carbocycles. The Balaban J connectivity index is 1.68. The molecule has 0 saturated carbocycles. The van der Waals surface area contributed by atoms with Gasteiger partial charge in [-0.15, -0.1) is 5.10 Å². The fourth-order valence-corrected chi connectivity index (χ4v) is 2.80. The Hall–Kier alpha value is -2.35. The third-order valence-corrected chi connectivity index (χ3v) is 4.18. The first-order valence-corrected chi connectivity index (χ1v) is 7.86. The number of benzene rings is 1. The Morgan fingerprint density at radius 2 is 2.12 bits per heavy atom. The molecule has 0 bridgehead atoms. The average molecular weight is 335 g/mol. The SMILES string of the molecule is CN(Cc1ccc(F)cc1F)C(=O)c1cn(C2CCNCC2)nn1. The predicted octanol–water partition coefficient (Wildman–Crippen LogP) is 1.75. The lowest BCUT2D eigenvalue weighted by Gasteiger charge is -2.22. The summed E-state index contributed by atoms with van der Waals surface area (Å²) in [4.78, 5) is 13.8. The number of amides is 1. The highest BCUT2D eigenvalue weighted by atomic mass is 19.1. The molecule has 2 aromatic rings. The lowest BCUT2D eigenvalue weighted by molar-refractivity contribution is 0.0778. The molecular weight excluding hydrogens is 316 g/mol. The van der Waals surface area contributed by atoms with Crippen molar-refractivity contribution in [3.05, 3.63) is 47.3 Å². The van der Waals surface area contributed by atoms with Crippen molar-refractivity contribution >= 4 is 5.91 Å². The molecule has 3 rings (SSSR count). The molecule has 1 aliphatic heterocycles. The number of piperidine rings is 1. The van der Waals surface area contributed by atoms with E-state index in [9.17, 15) is 13.6 Å². The third-order valence-electron chi connectivity index (χ3n) is 4.18. The van der Waals surface area contributed by atoms with Gasteiger partial charge in [0.1, 0.15) is 11.6 Å². The van der Waals surface area contributed by atoms with E-state index in [1.54, 1.807) is 17.9 Å². The minimum atomic E-state index is -0.673. The lowest BCUT2D eigenvalue weighted by atomic mass is 10.1. The van der Waals surface area contributed by atoms with E-state index in [2.05, 4.69) is 15.6 Å². The van der Waals surface area contributed by atoms with Gasteiger partial charge in [0.15, 0.2) is 5.69 Å². The van der Waals surface area contributed by atoms with Crippen molar-refractivity contribution in [2.24, 2.45) is 0 Å². The maximum Gasteiger partial charge on any atom is 0.276 e. The van der Waals surface area contributed by atoms with Crippen LogP contribution in [0.2, 0.25) is 0 Å². The van der Waals surface area contributed by atoms with Gasteiger partial charge >= 0.3 is 0 Å². The molecule has 0 spiro atoms. The maximum atomic E-state index is 13.7. The Bertz CT molecular complexity index is 727. The first-order chi connectivity index (χ1) is 11.5. The van der Waals surface area contributed by atoms with Crippen LogP contribution in [0.1, 0.15) is 34.9 Å². The van der Waals surface area contributed by atoms with Crippen LogP contribution in [-0.4, -0.2) is 45.9 Å². The molecule has 8 heteroatoms. The second kappa shape index (κ2) is 7.04. The normalized spacial score (nSPS) is 15.5. The highest BCUT2D eigenvalue weighted by molar-refractivity contribution is 5.91. The zero-order valence-electron chi connectivity index (χ0n) is 13.4. The number of carbonyl (C=O) groups excluding carboxylic acids is 1. The number of aromatic nitrogens is 3. The molecule has 1 aliphatic rings. The van der Waals surface area contributed by atoms with Crippen LogP contribution in [-0.2, 0) is 6.54 Å². The van der Waals surface area contributed by atoms with Crippen molar-refractivity contribution in [1.29, 1.82) is 0 Å². The summed E-state index contributed by atoms with van der Waals surface area (Å²) in [6, 6.07) is 3.55. The van der Waals surface area contributed by atoms with Crippen LogP contribution in [0.3, 0.4) is 0 Å². The molecule has 0 atom stereocenters. The molecule has 1 fully saturated rings. The van der Waals surface area contributed by atoms with Gasteiger partial charge in [0.2, 0.25) is 0 Å². The van der Waals surface area contributed by atoms with Crippen LogP contribution in [0, 0.1) is 11.6 Å². The van der Waals surface area contributed by atoms with Crippen LogP contribution in [0.25, 0.3) is 0 Å². The molecule has 1 N–H and O–H groups in total. The van der Waals surface area contributed by atoms with Crippen molar-refractivity contribution in [2.45, 2.75) is 25.4 Å². The molecule has 1 amide bonds. The standard InChI is InChI=1S/C16H19F2N5O/c1-22(9-11-2-3-12(17)8-14(11)18)16(24)15-10-23(21-20-15)13-4-6-19-7-5-13/h2-3,8,10,13,19H,4-7,9H2,1H3. The van der Waals surface area contributed by atoms with Crippen molar-refractivity contribution in [3.63, 3.8) is 0 Å². The van der Waals surface area contributed by atoms with Gasteiger partial charge < -0.3 is 10.2 Å². The molecule has 6 nitrogen and oxygen atoms in total. The molecular formula is C16H19F2N5O. The monoisotopic (exact) mass is 335 g/mol. The Morgan fingerprint density at radius 1 is 1.38 bits per heavy atom. The maximum absolute atomic E-state index is 13.7. The number of carbonyl (C=O) groups is 1. The lowest BCUT2D eigenvalue weighted by Crippen LogP contribution is -2.29. The summed E-state index contributed by atoms with van der Waals surface area (Å²) in [5, 5.41) is 11.3. The van der Waals surface area contributed by atoms with Crippen LogP contribution < -0.4 is 5.32 Å². The van der Waals surface area contributed by atoms with Gasteiger partial charge in [0.05, 0.1) is 12.2 Å². The van der Waals surface area contributed by atoms with Crippen LogP contribution >= 0.6 is 0 Å². The van der Waals surface area contributed by atoms with Crippen LogP contribution in [0.4, 0.5) is 8.78 Å². The molecule has 1 aromatic heterocycles. The highest BCUT2D eigenvalue weighted by Crippen LogP contribution is 2.18. The summed E-state index contributed by atoms with van der Waals surface area (Å²) in [7, 11) is 1.55. The largest absolute Gasteiger partial charge is 0.336 e. The smallest absolute Gasteiger partial charge is 0.276 e. The summed E-state index contributed by atoms with van der Waals surface area (Å²) < 4.78 is 28.4. The number of hydrogen-bond donors (Lipinski definition) is 1. The van der Waals surface area contributed by atoms with E-state index >= 15 is 0 Å². The molecule has 0 radical (unpaired) electrons. The van der Waals surface area contributed by atoms with E-state index < -0.39 is 11.6 Å². The third kappa shape index (κ3) is 3.59. The zero-order chi connectivity index (χ0) is 17.1. The number of hydrogen-bond acceptors (Lipinski definition) is 4. The van der Waals surface area contributed by atoms with Crippen molar-refractivity contribution in [2.75, 3.05) is 20.1 Å². The number of rotatable bonds is 4. The first kappa shape index (κ1) is 16.5. The summed E-state index contributed by atoms with van der Waals surface area (Å²) >= 11 is 0. The van der Waals surface area contributed by atoms with E-state index in [0.717, 1.165) is 32.0 Å². The topological polar surface area (TPSA) is 63.1 Å². The Kier molecular flexibility index (Phi) is 4.84. The molecule has 128 valence electrons. The second-order valence-electron chi connectivity index (χ2n) is 5.96. The predicted molar refractivity (Wildman–Crippen MR) is 83.3 cm³/mol. The van der Waals surface area contributed by atoms with Gasteiger partial charge in [-0.1, -0.05) is 11.3 Å². The quantitative estimate of drug-likeness (QED) is 0.925. The molecule has 0 unspecified atom stereocenters. The van der Waals surface area contributed by atoms with Gasteiger partial charge in [-0.25, -0.2) is 13.5 Å². The summed E-state index contributed by atoms with van der Waals surface area (Å²) in [6.07, 6.45) is 3.51. The Morgan fingerprint density at radius 3 is 2.83 bits per heavy atom. The fraction of sp³-hybridized carbons (Fsp3) is 0.438. The van der Waals surface area contributed by atoms with Crippen molar-refractivity contribution in [1.82, 2.24) is 25.2 Å². The number of halogens is 2. The van der Waals surface area contributed by atoms with Gasteiger partial charge in [0, 0.05) is 25.2 Å². The van der Waals surface area contributed by atoms with E-state index in [0.29, 0.717) is 0 Å². The minimum absolute atomic E-state index is 0.0329. The van der Waals surface area contributed by atoms with E-state index in [1.165, 1.54) is 17.0 Å². The summed E-state index contributed by atoms with van der Waals surface area (Å²) in [6.45, 7) is 1.86. The van der Waals surface area contributed by atoms with Crippen molar-refractivity contribution < 1.29 is 13.6 Å². The summed E-state index contributed by atoms with van der Waals surface area (Å²) in [5.74, 6) is -1.66. The fourth-order valence-electron chi connectivity index (χ4n) is 2.80. The number of nitrogens with zero attached hydrogens (tertiary/aromatic N) is 4. The van der Waals surface area contributed by atoms with E-state index in [1.807, 2.05) is 0 Å².